The van der Waals surface area contributed by atoms with E-state index in [2.05, 4.69) is 6.92 Å². The Bertz CT molecular complexity index is 375. The molecule has 0 atom stereocenters. The minimum Gasteiger partial charge on any atom is -0.288 e. The van der Waals surface area contributed by atoms with E-state index in [1.165, 1.54) is 72.3 Å². The number of hydrogen-bond acceptors (Lipinski definition) is 6. The van der Waals surface area contributed by atoms with Crippen molar-refractivity contribution >= 4 is 58.7 Å². The van der Waals surface area contributed by atoms with Gasteiger partial charge in [-0.25, -0.2) is 0 Å². The van der Waals surface area contributed by atoms with Crippen LogP contribution in [0.2, 0.25) is 24.2 Å². The van der Waals surface area contributed by atoms with Crippen molar-refractivity contribution in [3.63, 3.8) is 0 Å². The molecule has 0 aliphatic heterocycles. The van der Waals surface area contributed by atoms with Gasteiger partial charge in [0, 0.05) is 38.0 Å². The summed E-state index contributed by atoms with van der Waals surface area (Å²) in [6, 6.07) is 5.19. The molecule has 0 heterocycles. The maximum absolute atomic E-state index is 11.2. The quantitative estimate of drug-likeness (QED) is 0.223. The smallest absolute Gasteiger partial charge is 0.185 e. The zero-order valence-corrected chi connectivity index (χ0v) is 20.4. The second kappa shape index (κ2) is 16.3. The van der Waals surface area contributed by atoms with Crippen LogP contribution in [-0.2, 0) is 14.4 Å². The van der Waals surface area contributed by atoms with E-state index in [-0.39, 0.29) is 15.3 Å². The molecule has 152 valence electrons. The van der Waals surface area contributed by atoms with Crippen LogP contribution in [0, 0.1) is 0 Å². The van der Waals surface area contributed by atoms with Gasteiger partial charge in [-0.05, 0) is 19.3 Å². The number of rotatable bonds is 15. The molecule has 0 spiro atoms. The summed E-state index contributed by atoms with van der Waals surface area (Å²) in [5.74, 6) is 2.79. The molecule has 0 saturated carbocycles. The normalized spacial score (nSPS) is 11.5. The summed E-state index contributed by atoms with van der Waals surface area (Å²) in [5, 5.41) is 0.629. The molecular formula is C19H36O3S3Si. The van der Waals surface area contributed by atoms with Crippen LogP contribution in [0.25, 0.3) is 0 Å². The standard InChI is InChI=1S/C19H36O3S3Si/c1-5-6-13-26(14-7-10-23-17(2)20,15-8-11-24-18(3)21)16-9-12-25-19(4)22/h5-16H2,1-4H3. The second-order valence-corrected chi connectivity index (χ2v) is 15.7. The maximum Gasteiger partial charge on any atom is 0.185 e. The van der Waals surface area contributed by atoms with Crippen LogP contribution >= 0.6 is 35.3 Å². The zero-order valence-electron chi connectivity index (χ0n) is 16.9. The Morgan fingerprint density at radius 1 is 0.615 bits per heavy atom. The van der Waals surface area contributed by atoms with E-state index >= 15 is 0 Å². The molecule has 0 amide bonds. The van der Waals surface area contributed by atoms with E-state index in [1.807, 2.05) is 0 Å². The number of carbonyl (C=O) groups excluding carboxylic acids is 3. The Morgan fingerprint density at radius 2 is 0.923 bits per heavy atom. The fourth-order valence-electron chi connectivity index (χ4n) is 3.29. The van der Waals surface area contributed by atoms with Gasteiger partial charge < -0.3 is 0 Å². The first-order valence-corrected chi connectivity index (χ1v) is 15.5. The molecule has 0 aromatic rings. The number of carbonyl (C=O) groups is 3. The molecule has 0 aromatic heterocycles. The lowest BCUT2D eigenvalue weighted by atomic mass is 10.4. The zero-order chi connectivity index (χ0) is 19.8. The first-order valence-electron chi connectivity index (χ1n) is 9.71. The first-order chi connectivity index (χ1) is 12.3. The van der Waals surface area contributed by atoms with E-state index < -0.39 is 8.07 Å². The third kappa shape index (κ3) is 15.3. The molecule has 0 fully saturated rings. The van der Waals surface area contributed by atoms with Crippen molar-refractivity contribution in [3.8, 4) is 0 Å². The summed E-state index contributed by atoms with van der Waals surface area (Å²) < 4.78 is 0. The van der Waals surface area contributed by atoms with Gasteiger partial charge in [0.15, 0.2) is 15.3 Å². The Balaban J connectivity index is 4.74. The topological polar surface area (TPSA) is 51.2 Å². The summed E-state index contributed by atoms with van der Waals surface area (Å²) in [6.07, 6.45) is 5.88. The highest BCUT2D eigenvalue weighted by Gasteiger charge is 2.30. The van der Waals surface area contributed by atoms with Crippen molar-refractivity contribution in [2.45, 2.75) is 84.0 Å². The molecule has 0 aliphatic carbocycles. The Hall–Kier alpha value is 0.277. The average molecular weight is 437 g/mol. The van der Waals surface area contributed by atoms with Crippen molar-refractivity contribution in [1.82, 2.24) is 0 Å². The van der Waals surface area contributed by atoms with Crippen molar-refractivity contribution in [3.05, 3.63) is 0 Å². The highest BCUT2D eigenvalue weighted by molar-refractivity contribution is 8.14. The number of hydrogen-bond donors (Lipinski definition) is 0. The van der Waals surface area contributed by atoms with E-state index in [1.54, 1.807) is 20.8 Å². The highest BCUT2D eigenvalue weighted by atomic mass is 32.2. The van der Waals surface area contributed by atoms with Crippen molar-refractivity contribution < 1.29 is 14.4 Å². The molecule has 3 nitrogen and oxygen atoms in total. The van der Waals surface area contributed by atoms with Gasteiger partial charge in [-0.3, -0.25) is 14.4 Å². The van der Waals surface area contributed by atoms with Crippen LogP contribution in [0.4, 0.5) is 0 Å². The third-order valence-electron chi connectivity index (χ3n) is 4.53. The Morgan fingerprint density at radius 3 is 1.19 bits per heavy atom. The lowest BCUT2D eigenvalue weighted by Gasteiger charge is -2.32. The van der Waals surface area contributed by atoms with E-state index in [0.29, 0.717) is 0 Å². The lowest BCUT2D eigenvalue weighted by Crippen LogP contribution is -2.34. The van der Waals surface area contributed by atoms with Gasteiger partial charge in [0.1, 0.15) is 0 Å². The SMILES string of the molecule is CCCC[Si](CCCSC(C)=O)(CCCSC(C)=O)CCCSC(C)=O. The molecule has 0 radical (unpaired) electrons. The maximum atomic E-state index is 11.2. The van der Waals surface area contributed by atoms with Gasteiger partial charge in [0.05, 0.1) is 8.07 Å². The summed E-state index contributed by atoms with van der Waals surface area (Å²) >= 11 is 4.34. The molecule has 26 heavy (non-hydrogen) atoms. The highest BCUT2D eigenvalue weighted by Crippen LogP contribution is 2.34. The van der Waals surface area contributed by atoms with Crippen molar-refractivity contribution in [2.75, 3.05) is 17.3 Å². The van der Waals surface area contributed by atoms with Crippen LogP contribution < -0.4 is 0 Å². The Labute approximate surface area is 174 Å². The van der Waals surface area contributed by atoms with Crippen LogP contribution in [0.1, 0.15) is 59.8 Å². The average Bonchev–Trinajstić information content (AvgIpc) is 2.57. The minimum atomic E-state index is -1.41. The number of thioether (sulfide) groups is 3. The van der Waals surface area contributed by atoms with E-state index in [9.17, 15) is 14.4 Å². The van der Waals surface area contributed by atoms with Crippen molar-refractivity contribution in [2.24, 2.45) is 0 Å². The largest absolute Gasteiger partial charge is 0.288 e. The van der Waals surface area contributed by atoms with Gasteiger partial charge in [-0.2, -0.15) is 0 Å². The van der Waals surface area contributed by atoms with Gasteiger partial charge in [0.2, 0.25) is 0 Å². The molecule has 7 heteroatoms. The van der Waals surface area contributed by atoms with Crippen LogP contribution in [0.5, 0.6) is 0 Å². The predicted molar refractivity (Wildman–Crippen MR) is 123 cm³/mol. The summed E-state index contributed by atoms with van der Waals surface area (Å²) in [6.45, 7) is 7.18. The molecular weight excluding hydrogens is 400 g/mol. The second-order valence-electron chi connectivity index (χ2n) is 6.93. The van der Waals surface area contributed by atoms with E-state index in [4.69, 9.17) is 0 Å². The van der Waals surface area contributed by atoms with Crippen LogP contribution in [0.3, 0.4) is 0 Å². The molecule has 0 rings (SSSR count). The summed E-state index contributed by atoms with van der Waals surface area (Å²) in [4.78, 5) is 33.6. The summed E-state index contributed by atoms with van der Waals surface area (Å²) in [7, 11) is -1.41. The van der Waals surface area contributed by atoms with Gasteiger partial charge in [-0.1, -0.05) is 79.2 Å². The lowest BCUT2D eigenvalue weighted by molar-refractivity contribution is -0.109. The predicted octanol–water partition coefficient (Wildman–Crippen LogP) is 6.24. The molecule has 0 aromatic carbocycles. The van der Waals surface area contributed by atoms with Crippen LogP contribution in [-0.4, -0.2) is 40.7 Å². The fourth-order valence-corrected chi connectivity index (χ4v) is 11.2. The third-order valence-corrected chi connectivity index (χ3v) is 12.9. The molecule has 0 bridgehead atoms. The van der Waals surface area contributed by atoms with Gasteiger partial charge in [-0.15, -0.1) is 0 Å². The minimum absolute atomic E-state index is 0.210. The first kappa shape index (κ1) is 26.3. The molecule has 0 N–H and O–H groups in total. The van der Waals surface area contributed by atoms with Gasteiger partial charge >= 0.3 is 0 Å². The molecule has 0 unspecified atom stereocenters. The van der Waals surface area contributed by atoms with Crippen molar-refractivity contribution in [1.29, 1.82) is 0 Å². The monoisotopic (exact) mass is 436 g/mol. The summed E-state index contributed by atoms with van der Waals surface area (Å²) in [5.41, 5.74) is 0. The molecule has 0 aliphatic rings. The Kier molecular flexibility index (Phi) is 16.4. The number of unbranched alkanes of at least 4 members (excludes halogenated alkanes) is 1. The van der Waals surface area contributed by atoms with Crippen LogP contribution in [0.15, 0.2) is 0 Å². The van der Waals surface area contributed by atoms with E-state index in [0.717, 1.165) is 36.5 Å². The van der Waals surface area contributed by atoms with Gasteiger partial charge in [0.25, 0.3) is 0 Å². The molecule has 0 saturated heterocycles. The fraction of sp³-hybridized carbons (Fsp3) is 0.842.